The van der Waals surface area contributed by atoms with Gasteiger partial charge in [0.15, 0.2) is 0 Å². The monoisotopic (exact) mass is 246 g/mol. The van der Waals surface area contributed by atoms with Crippen molar-refractivity contribution in [3.63, 3.8) is 0 Å². The maximum atomic E-state index is 11.6. The first kappa shape index (κ1) is 12.9. The molecule has 1 unspecified atom stereocenters. The Kier molecular flexibility index (Phi) is 6.96. The summed E-state index contributed by atoms with van der Waals surface area (Å²) < 4.78 is 0. The zero-order valence-electron chi connectivity index (χ0n) is 8.83. The highest BCUT2D eigenvalue weighted by Crippen LogP contribution is 2.07. The van der Waals surface area contributed by atoms with Crippen LogP contribution in [0.15, 0.2) is 12.7 Å². The molecule has 0 radical (unpaired) electrons. The summed E-state index contributed by atoms with van der Waals surface area (Å²) in [5.74, 6) is 4.05. The van der Waals surface area contributed by atoms with Crippen molar-refractivity contribution in [2.75, 3.05) is 36.1 Å². The second-order valence-corrected chi connectivity index (χ2v) is 5.54. The predicted molar refractivity (Wildman–Crippen MR) is 69.6 cm³/mol. The van der Waals surface area contributed by atoms with Gasteiger partial charge in [0, 0.05) is 36.1 Å². The number of amides is 1. The van der Waals surface area contributed by atoms with E-state index in [-0.39, 0.29) is 11.9 Å². The molecule has 0 aromatic heterocycles. The molecule has 1 aliphatic heterocycles. The summed E-state index contributed by atoms with van der Waals surface area (Å²) in [6, 6.07) is 0.00755. The number of hydrogen-bond acceptors (Lipinski definition) is 4. The van der Waals surface area contributed by atoms with Crippen LogP contribution in [0.4, 0.5) is 0 Å². The second-order valence-electron chi connectivity index (χ2n) is 3.24. The van der Waals surface area contributed by atoms with Gasteiger partial charge in [-0.3, -0.25) is 4.79 Å². The minimum atomic E-state index is 0.00755. The minimum Gasteiger partial charge on any atom is -0.354 e. The van der Waals surface area contributed by atoms with Crippen LogP contribution in [0.5, 0.6) is 0 Å². The van der Waals surface area contributed by atoms with Crippen LogP contribution in [0.3, 0.4) is 0 Å². The van der Waals surface area contributed by atoms with E-state index in [0.717, 1.165) is 36.1 Å². The van der Waals surface area contributed by atoms with Crippen LogP contribution in [-0.4, -0.2) is 48.0 Å². The van der Waals surface area contributed by atoms with Crippen molar-refractivity contribution in [3.05, 3.63) is 12.7 Å². The lowest BCUT2D eigenvalue weighted by Crippen LogP contribution is -2.49. The van der Waals surface area contributed by atoms with Gasteiger partial charge in [-0.25, -0.2) is 0 Å². The number of nitrogens with one attached hydrogen (secondary N) is 2. The summed E-state index contributed by atoms with van der Waals surface area (Å²) in [6.45, 7) is 5.33. The predicted octanol–water partition coefficient (Wildman–Crippen LogP) is 0.727. The summed E-state index contributed by atoms with van der Waals surface area (Å²) in [6.07, 6.45) is 1.88. The van der Waals surface area contributed by atoms with E-state index in [1.807, 2.05) is 17.8 Å². The summed E-state index contributed by atoms with van der Waals surface area (Å²) in [4.78, 5) is 11.6. The van der Waals surface area contributed by atoms with E-state index in [1.54, 1.807) is 11.8 Å². The van der Waals surface area contributed by atoms with Gasteiger partial charge in [0.25, 0.3) is 0 Å². The van der Waals surface area contributed by atoms with Crippen molar-refractivity contribution in [1.82, 2.24) is 10.6 Å². The molecule has 1 aliphatic rings. The van der Waals surface area contributed by atoms with Gasteiger partial charge in [0.05, 0.1) is 6.04 Å². The fourth-order valence-electron chi connectivity index (χ4n) is 1.27. The Morgan fingerprint density at radius 1 is 1.73 bits per heavy atom. The Balaban J connectivity index is 2.04. The first-order chi connectivity index (χ1) is 7.34. The molecule has 2 N–H and O–H groups in total. The first-order valence-electron chi connectivity index (χ1n) is 5.12. The molecule has 15 heavy (non-hydrogen) atoms. The number of rotatable bonds is 6. The SMILES string of the molecule is C=CCSCCNC(=O)C1CSCCN1. The molecule has 0 aromatic rings. The molecule has 0 aliphatic carbocycles. The molecule has 5 heteroatoms. The van der Waals surface area contributed by atoms with Crippen LogP contribution < -0.4 is 10.6 Å². The molecule has 86 valence electrons. The normalized spacial score (nSPS) is 20.9. The second kappa shape index (κ2) is 8.07. The fraction of sp³-hybridized carbons (Fsp3) is 0.700. The van der Waals surface area contributed by atoms with Crippen molar-refractivity contribution < 1.29 is 4.79 Å². The van der Waals surface area contributed by atoms with Crippen molar-refractivity contribution >= 4 is 29.4 Å². The van der Waals surface area contributed by atoms with Gasteiger partial charge in [-0.1, -0.05) is 6.08 Å². The number of carbonyl (C=O) groups excluding carboxylic acids is 1. The third kappa shape index (κ3) is 5.49. The van der Waals surface area contributed by atoms with Crippen molar-refractivity contribution in [2.45, 2.75) is 6.04 Å². The topological polar surface area (TPSA) is 41.1 Å². The molecular weight excluding hydrogens is 228 g/mol. The van der Waals surface area contributed by atoms with Gasteiger partial charge in [-0.15, -0.1) is 6.58 Å². The highest BCUT2D eigenvalue weighted by molar-refractivity contribution is 7.99. The number of hydrogen-bond donors (Lipinski definition) is 2. The fourth-order valence-corrected chi connectivity index (χ4v) is 2.78. The van der Waals surface area contributed by atoms with Crippen molar-refractivity contribution in [2.24, 2.45) is 0 Å². The van der Waals surface area contributed by atoms with E-state index in [4.69, 9.17) is 0 Å². The molecule has 0 saturated carbocycles. The standard InChI is InChI=1S/C10H18N2OS2/c1-2-5-14-6-4-12-10(13)9-8-15-7-3-11-9/h2,9,11H,1,3-8H2,(H,12,13). The lowest BCUT2D eigenvalue weighted by molar-refractivity contribution is -0.122. The molecular formula is C10H18N2OS2. The van der Waals surface area contributed by atoms with E-state index in [1.165, 1.54) is 0 Å². The maximum absolute atomic E-state index is 11.6. The summed E-state index contributed by atoms with van der Waals surface area (Å²) in [5.41, 5.74) is 0. The number of thioether (sulfide) groups is 2. The quantitative estimate of drug-likeness (QED) is 0.535. The molecule has 1 fully saturated rings. The van der Waals surface area contributed by atoms with E-state index in [9.17, 15) is 4.79 Å². The first-order valence-corrected chi connectivity index (χ1v) is 7.43. The van der Waals surface area contributed by atoms with Crippen LogP contribution in [0, 0.1) is 0 Å². The average molecular weight is 246 g/mol. The zero-order valence-corrected chi connectivity index (χ0v) is 10.5. The molecule has 1 rings (SSSR count). The van der Waals surface area contributed by atoms with Crippen molar-refractivity contribution in [1.29, 1.82) is 0 Å². The van der Waals surface area contributed by atoms with Crippen LogP contribution in [0.2, 0.25) is 0 Å². The highest BCUT2D eigenvalue weighted by Gasteiger charge is 2.19. The largest absolute Gasteiger partial charge is 0.354 e. The summed E-state index contributed by atoms with van der Waals surface area (Å²) in [7, 11) is 0. The third-order valence-corrected chi connectivity index (χ3v) is 4.05. The highest BCUT2D eigenvalue weighted by atomic mass is 32.2. The van der Waals surface area contributed by atoms with Crippen LogP contribution >= 0.6 is 23.5 Å². The summed E-state index contributed by atoms with van der Waals surface area (Å²) >= 11 is 3.62. The Labute approximate surface area is 99.8 Å². The lowest BCUT2D eigenvalue weighted by Gasteiger charge is -2.22. The Morgan fingerprint density at radius 2 is 2.60 bits per heavy atom. The molecule has 1 amide bonds. The molecule has 0 bridgehead atoms. The third-order valence-electron chi connectivity index (χ3n) is 2.02. The average Bonchev–Trinajstić information content (AvgIpc) is 2.30. The molecule has 0 spiro atoms. The van der Waals surface area contributed by atoms with E-state index < -0.39 is 0 Å². The lowest BCUT2D eigenvalue weighted by atomic mass is 10.3. The Hall–Kier alpha value is -0.130. The van der Waals surface area contributed by atoms with Gasteiger partial charge in [-0.2, -0.15) is 23.5 Å². The molecule has 1 atom stereocenters. The van der Waals surface area contributed by atoms with Crippen molar-refractivity contribution in [3.8, 4) is 0 Å². The van der Waals surface area contributed by atoms with Gasteiger partial charge in [0.1, 0.15) is 0 Å². The minimum absolute atomic E-state index is 0.00755. The van der Waals surface area contributed by atoms with Gasteiger partial charge in [-0.05, 0) is 0 Å². The maximum Gasteiger partial charge on any atom is 0.238 e. The Bertz CT molecular complexity index is 206. The van der Waals surface area contributed by atoms with Gasteiger partial charge < -0.3 is 10.6 Å². The van der Waals surface area contributed by atoms with Gasteiger partial charge in [0.2, 0.25) is 5.91 Å². The van der Waals surface area contributed by atoms with Crippen LogP contribution in [0.25, 0.3) is 0 Å². The molecule has 0 aromatic carbocycles. The van der Waals surface area contributed by atoms with E-state index in [0.29, 0.717) is 0 Å². The molecule has 3 nitrogen and oxygen atoms in total. The zero-order chi connectivity index (χ0) is 10.9. The van der Waals surface area contributed by atoms with E-state index in [2.05, 4.69) is 17.2 Å². The molecule has 1 heterocycles. The van der Waals surface area contributed by atoms with Crippen LogP contribution in [-0.2, 0) is 4.79 Å². The molecule has 1 saturated heterocycles. The number of carbonyl (C=O) groups is 1. The van der Waals surface area contributed by atoms with E-state index >= 15 is 0 Å². The van der Waals surface area contributed by atoms with Crippen LogP contribution in [0.1, 0.15) is 0 Å². The smallest absolute Gasteiger partial charge is 0.238 e. The summed E-state index contributed by atoms with van der Waals surface area (Å²) in [5, 5.41) is 6.16. The Morgan fingerprint density at radius 3 is 3.27 bits per heavy atom. The van der Waals surface area contributed by atoms with Gasteiger partial charge >= 0.3 is 0 Å².